The number of aliphatic hydroxyl groups excluding tert-OH is 1. The number of Topliss-reactive ketones (excluding diaryl/α,β-unsaturated/α-hetero) is 1. The van der Waals surface area contributed by atoms with E-state index in [9.17, 15) is 14.7 Å². The number of amides is 1. The number of ether oxygens (including phenoxy) is 2. The van der Waals surface area contributed by atoms with Gasteiger partial charge in [0.05, 0.1) is 11.6 Å². The smallest absolute Gasteiger partial charge is 0.301 e. The fourth-order valence-corrected chi connectivity index (χ4v) is 4.54. The molecule has 0 aliphatic carbocycles. The van der Waals surface area contributed by atoms with Gasteiger partial charge in [-0.15, -0.1) is 10.2 Å². The van der Waals surface area contributed by atoms with Crippen LogP contribution in [-0.4, -0.2) is 40.2 Å². The number of carbonyl (C=O) groups excluding carboxylic acids is 2. The molecule has 1 aromatic heterocycles. The molecule has 2 aromatic carbocycles. The van der Waals surface area contributed by atoms with E-state index >= 15 is 0 Å². The molecule has 3 aromatic rings. The highest BCUT2D eigenvalue weighted by Gasteiger charge is 2.48. The van der Waals surface area contributed by atoms with Gasteiger partial charge in [0.25, 0.3) is 5.78 Å². The number of nitrogens with zero attached hydrogens (tertiary/aromatic N) is 3. The van der Waals surface area contributed by atoms with Crippen LogP contribution in [0.2, 0.25) is 0 Å². The number of aromatic nitrogens is 2. The molecule has 0 spiro atoms. The van der Waals surface area contributed by atoms with Crippen LogP contribution >= 0.6 is 11.3 Å². The number of carbonyl (C=O) groups is 2. The van der Waals surface area contributed by atoms with E-state index in [-0.39, 0.29) is 11.3 Å². The molecule has 0 radical (unpaired) electrons. The third kappa shape index (κ3) is 3.31. The Hall–Kier alpha value is -3.72. The Kier molecular flexibility index (Phi) is 4.90. The van der Waals surface area contributed by atoms with Gasteiger partial charge < -0.3 is 14.6 Å². The second-order valence-electron chi connectivity index (χ2n) is 7.54. The van der Waals surface area contributed by atoms with Crippen LogP contribution in [0.4, 0.5) is 5.13 Å². The Morgan fingerprint density at radius 2 is 1.75 bits per heavy atom. The SMILES string of the molecule is Cc1ccc(C2/C(=C(\O)c3ccc4c(c3)OCCO4)C(=O)C(=O)N2c2nnc(C)s2)cc1. The van der Waals surface area contributed by atoms with Crippen molar-refractivity contribution in [2.75, 3.05) is 18.1 Å². The summed E-state index contributed by atoms with van der Waals surface area (Å²) in [5, 5.41) is 20.3. The summed E-state index contributed by atoms with van der Waals surface area (Å²) in [5.74, 6) is -0.787. The zero-order valence-electron chi connectivity index (χ0n) is 17.4. The highest BCUT2D eigenvalue weighted by atomic mass is 32.1. The number of aliphatic hydroxyl groups is 1. The Morgan fingerprint density at radius 1 is 1.03 bits per heavy atom. The van der Waals surface area contributed by atoms with Gasteiger partial charge in [-0.3, -0.25) is 14.5 Å². The molecule has 5 rings (SSSR count). The van der Waals surface area contributed by atoms with Crippen molar-refractivity contribution in [3.63, 3.8) is 0 Å². The van der Waals surface area contributed by atoms with Crippen LogP contribution in [0.3, 0.4) is 0 Å². The number of anilines is 1. The number of rotatable bonds is 3. The molecule has 3 heterocycles. The van der Waals surface area contributed by atoms with E-state index in [0.717, 1.165) is 5.56 Å². The van der Waals surface area contributed by atoms with Crippen molar-refractivity contribution in [1.82, 2.24) is 10.2 Å². The lowest BCUT2D eigenvalue weighted by Crippen LogP contribution is -2.29. The van der Waals surface area contributed by atoms with Crippen molar-refractivity contribution >= 4 is 33.9 Å². The van der Waals surface area contributed by atoms with E-state index < -0.39 is 17.7 Å². The van der Waals surface area contributed by atoms with Crippen molar-refractivity contribution in [3.05, 3.63) is 69.7 Å². The first-order valence-electron chi connectivity index (χ1n) is 10.0. The first-order valence-corrected chi connectivity index (χ1v) is 10.8. The molecule has 9 heteroatoms. The van der Waals surface area contributed by atoms with Gasteiger partial charge in [0, 0.05) is 5.56 Å². The molecule has 1 N–H and O–H groups in total. The normalized spacial score (nSPS) is 19.4. The van der Waals surface area contributed by atoms with Crippen molar-refractivity contribution in [2.45, 2.75) is 19.9 Å². The Bertz CT molecular complexity index is 1260. The summed E-state index contributed by atoms with van der Waals surface area (Å²) >= 11 is 1.21. The molecule has 162 valence electrons. The van der Waals surface area contributed by atoms with Gasteiger partial charge in [0.15, 0.2) is 11.5 Å². The minimum atomic E-state index is -0.837. The van der Waals surface area contributed by atoms with Gasteiger partial charge in [0.2, 0.25) is 5.13 Å². The van der Waals surface area contributed by atoms with E-state index in [1.807, 2.05) is 31.2 Å². The molecule has 0 bridgehead atoms. The molecule has 1 saturated heterocycles. The van der Waals surface area contributed by atoms with Gasteiger partial charge in [-0.25, -0.2) is 0 Å². The maximum atomic E-state index is 13.1. The molecule has 32 heavy (non-hydrogen) atoms. The molecule has 1 atom stereocenters. The zero-order chi connectivity index (χ0) is 22.4. The van der Waals surface area contributed by atoms with Crippen molar-refractivity contribution in [2.24, 2.45) is 0 Å². The van der Waals surface area contributed by atoms with Gasteiger partial charge >= 0.3 is 5.91 Å². The summed E-state index contributed by atoms with van der Waals surface area (Å²) in [6.45, 7) is 4.55. The second kappa shape index (κ2) is 7.76. The van der Waals surface area contributed by atoms with Crippen LogP contribution in [0, 0.1) is 13.8 Å². The average molecular weight is 449 g/mol. The predicted octanol–water partition coefficient (Wildman–Crippen LogP) is 3.55. The minimum absolute atomic E-state index is 0.0108. The topological polar surface area (TPSA) is 102 Å². The second-order valence-corrected chi connectivity index (χ2v) is 8.70. The molecule has 0 saturated carbocycles. The van der Waals surface area contributed by atoms with Gasteiger partial charge in [-0.05, 0) is 37.6 Å². The summed E-state index contributed by atoms with van der Waals surface area (Å²) in [4.78, 5) is 27.5. The molecular weight excluding hydrogens is 430 g/mol. The molecule has 1 unspecified atom stereocenters. The fourth-order valence-electron chi connectivity index (χ4n) is 3.82. The van der Waals surface area contributed by atoms with E-state index in [1.54, 1.807) is 25.1 Å². The molecule has 2 aliphatic heterocycles. The average Bonchev–Trinajstić information content (AvgIpc) is 3.34. The van der Waals surface area contributed by atoms with E-state index in [1.165, 1.54) is 16.2 Å². The lowest BCUT2D eigenvalue weighted by Gasteiger charge is -2.23. The maximum Gasteiger partial charge on any atom is 0.301 e. The summed E-state index contributed by atoms with van der Waals surface area (Å²) in [6, 6.07) is 11.5. The first-order chi connectivity index (χ1) is 15.4. The Morgan fingerprint density at radius 3 is 2.44 bits per heavy atom. The Labute approximate surface area is 187 Å². The van der Waals surface area contributed by atoms with Gasteiger partial charge in [-0.1, -0.05) is 41.2 Å². The van der Waals surface area contributed by atoms with Gasteiger partial charge in [0.1, 0.15) is 24.0 Å². The number of aryl methyl sites for hydroxylation is 2. The fraction of sp³-hybridized carbons (Fsp3) is 0.217. The van der Waals surface area contributed by atoms with E-state index in [4.69, 9.17) is 9.47 Å². The van der Waals surface area contributed by atoms with Crippen molar-refractivity contribution in [1.29, 1.82) is 0 Å². The molecular formula is C23H19N3O5S. The molecule has 2 aliphatic rings. The van der Waals surface area contributed by atoms with Gasteiger partial charge in [-0.2, -0.15) is 0 Å². The number of fused-ring (bicyclic) bond motifs is 1. The van der Waals surface area contributed by atoms with E-state index in [2.05, 4.69) is 10.2 Å². The minimum Gasteiger partial charge on any atom is -0.507 e. The van der Waals surface area contributed by atoms with Crippen molar-refractivity contribution < 1.29 is 24.2 Å². The third-order valence-corrected chi connectivity index (χ3v) is 6.21. The lowest BCUT2D eigenvalue weighted by molar-refractivity contribution is -0.132. The summed E-state index contributed by atoms with van der Waals surface area (Å²) < 4.78 is 11.1. The Balaban J connectivity index is 1.69. The highest BCUT2D eigenvalue weighted by Crippen LogP contribution is 2.43. The number of benzene rings is 2. The quantitative estimate of drug-likeness (QED) is 0.371. The lowest BCUT2D eigenvalue weighted by atomic mass is 9.94. The summed E-state index contributed by atoms with van der Waals surface area (Å²) in [6.07, 6.45) is 0. The molecule has 8 nitrogen and oxygen atoms in total. The van der Waals surface area contributed by atoms with Crippen LogP contribution in [0.25, 0.3) is 5.76 Å². The number of hydrogen-bond acceptors (Lipinski definition) is 8. The summed E-state index contributed by atoms with van der Waals surface area (Å²) in [7, 11) is 0. The highest BCUT2D eigenvalue weighted by molar-refractivity contribution is 7.15. The monoisotopic (exact) mass is 449 g/mol. The summed E-state index contributed by atoms with van der Waals surface area (Å²) in [5.41, 5.74) is 2.06. The van der Waals surface area contributed by atoms with Crippen LogP contribution in [0.5, 0.6) is 11.5 Å². The predicted molar refractivity (Wildman–Crippen MR) is 118 cm³/mol. The number of ketones is 1. The molecule has 1 fully saturated rings. The standard InChI is InChI=1S/C23H19N3O5S/c1-12-3-5-14(6-4-12)19-18(21(28)22(29)26(19)23-25-24-13(2)32-23)20(27)15-7-8-16-17(11-15)31-10-9-30-16/h3-8,11,19,27H,9-10H2,1-2H3/b20-18+. The van der Waals surface area contributed by atoms with Crippen LogP contribution in [0.1, 0.15) is 27.7 Å². The maximum absolute atomic E-state index is 13.1. The molecule has 1 amide bonds. The zero-order valence-corrected chi connectivity index (χ0v) is 18.2. The van der Waals surface area contributed by atoms with E-state index in [0.29, 0.717) is 46.0 Å². The van der Waals surface area contributed by atoms with Crippen LogP contribution < -0.4 is 14.4 Å². The first kappa shape index (κ1) is 20.2. The van der Waals surface area contributed by atoms with Crippen molar-refractivity contribution in [3.8, 4) is 11.5 Å². The number of hydrogen-bond donors (Lipinski definition) is 1. The largest absolute Gasteiger partial charge is 0.507 e. The van der Waals surface area contributed by atoms with Crippen LogP contribution in [-0.2, 0) is 9.59 Å². The third-order valence-electron chi connectivity index (χ3n) is 5.37. The van der Waals surface area contributed by atoms with Crippen LogP contribution in [0.15, 0.2) is 48.0 Å².